The van der Waals surface area contributed by atoms with Gasteiger partial charge in [-0.1, -0.05) is 6.58 Å². The molecule has 1 amide bonds. The van der Waals surface area contributed by atoms with Crippen LogP contribution in [0.5, 0.6) is 11.5 Å². The number of carbonyl (C=O) groups excluding carboxylic acids is 1. The Balaban J connectivity index is 2.07. The normalized spacial score (nSPS) is 13.3. The number of amides is 1. The number of ether oxygens (including phenoxy) is 2. The van der Waals surface area contributed by atoms with Gasteiger partial charge in [-0.2, -0.15) is 0 Å². The maximum atomic E-state index is 12.5. The molecule has 3 rings (SSSR count). The highest BCUT2D eigenvalue weighted by Crippen LogP contribution is 2.38. The van der Waals surface area contributed by atoms with E-state index in [0.29, 0.717) is 28.4 Å². The highest BCUT2D eigenvalue weighted by Gasteiger charge is 2.32. The van der Waals surface area contributed by atoms with E-state index in [2.05, 4.69) is 11.6 Å². The summed E-state index contributed by atoms with van der Waals surface area (Å²) in [5.74, 6) is 1.05. The minimum Gasteiger partial charge on any atom is -0.493 e. The molecule has 2 heterocycles. The Hall–Kier alpha value is -2.82. The number of benzene rings is 1. The highest BCUT2D eigenvalue weighted by molar-refractivity contribution is 6.21. The van der Waals surface area contributed by atoms with Crippen LogP contribution in [-0.4, -0.2) is 25.1 Å². The first-order chi connectivity index (χ1) is 10.2. The zero-order valence-corrected chi connectivity index (χ0v) is 11.8. The van der Waals surface area contributed by atoms with Gasteiger partial charge in [-0.05, 0) is 18.2 Å². The molecule has 0 unspecified atom stereocenters. The van der Waals surface area contributed by atoms with Crippen LogP contribution in [-0.2, 0) is 0 Å². The van der Waals surface area contributed by atoms with Crippen molar-refractivity contribution >= 4 is 17.3 Å². The molecule has 5 heteroatoms. The predicted molar refractivity (Wildman–Crippen MR) is 79.6 cm³/mol. The molecule has 1 aliphatic rings. The van der Waals surface area contributed by atoms with Gasteiger partial charge < -0.3 is 9.47 Å². The molecule has 0 N–H and O–H groups in total. The van der Waals surface area contributed by atoms with E-state index in [4.69, 9.17) is 9.47 Å². The average Bonchev–Trinajstić information content (AvgIpc) is 2.78. The lowest BCUT2D eigenvalue weighted by molar-refractivity contribution is 0.101. The number of hydrogen-bond donors (Lipinski definition) is 0. The van der Waals surface area contributed by atoms with Gasteiger partial charge in [0.1, 0.15) is 0 Å². The number of hydrogen-bond acceptors (Lipinski definition) is 4. The number of rotatable bonds is 3. The van der Waals surface area contributed by atoms with Crippen LogP contribution in [0.25, 0.3) is 5.70 Å². The highest BCUT2D eigenvalue weighted by atomic mass is 16.5. The van der Waals surface area contributed by atoms with Gasteiger partial charge in [0.05, 0.1) is 31.2 Å². The van der Waals surface area contributed by atoms with Crippen LogP contribution in [0, 0.1) is 0 Å². The molecule has 21 heavy (non-hydrogen) atoms. The number of aromatic nitrogens is 1. The first-order valence-electron chi connectivity index (χ1n) is 6.37. The quantitative estimate of drug-likeness (QED) is 0.868. The van der Waals surface area contributed by atoms with E-state index in [1.54, 1.807) is 55.8 Å². The minimum absolute atomic E-state index is 0.121. The van der Waals surface area contributed by atoms with Crippen LogP contribution >= 0.6 is 0 Å². The summed E-state index contributed by atoms with van der Waals surface area (Å²) in [4.78, 5) is 18.1. The van der Waals surface area contributed by atoms with Crippen molar-refractivity contribution < 1.29 is 14.3 Å². The van der Waals surface area contributed by atoms with Crippen molar-refractivity contribution in [3.63, 3.8) is 0 Å². The Kier molecular flexibility index (Phi) is 3.10. The number of pyridine rings is 1. The molecule has 1 aliphatic heterocycles. The molecule has 106 valence electrons. The van der Waals surface area contributed by atoms with E-state index in [-0.39, 0.29) is 5.91 Å². The van der Waals surface area contributed by atoms with Crippen molar-refractivity contribution in [1.82, 2.24) is 4.98 Å². The van der Waals surface area contributed by atoms with E-state index in [0.717, 1.165) is 5.56 Å². The molecule has 0 spiro atoms. The smallest absolute Gasteiger partial charge is 0.263 e. The minimum atomic E-state index is -0.121. The number of methoxy groups -OCH3 is 2. The van der Waals surface area contributed by atoms with Gasteiger partial charge in [0.25, 0.3) is 5.91 Å². The molecular weight excluding hydrogens is 268 g/mol. The zero-order chi connectivity index (χ0) is 15.0. The Morgan fingerprint density at radius 1 is 1.10 bits per heavy atom. The molecule has 5 nitrogen and oxygen atoms in total. The van der Waals surface area contributed by atoms with Crippen LogP contribution in [0.1, 0.15) is 15.9 Å². The summed E-state index contributed by atoms with van der Waals surface area (Å²) < 4.78 is 10.5. The van der Waals surface area contributed by atoms with Crippen LogP contribution < -0.4 is 14.4 Å². The largest absolute Gasteiger partial charge is 0.493 e. The second kappa shape index (κ2) is 4.94. The molecule has 1 aromatic heterocycles. The first kappa shape index (κ1) is 13.2. The van der Waals surface area contributed by atoms with Gasteiger partial charge in [-0.25, -0.2) is 0 Å². The monoisotopic (exact) mass is 282 g/mol. The maximum absolute atomic E-state index is 12.5. The number of nitrogens with zero attached hydrogens (tertiary/aromatic N) is 2. The summed E-state index contributed by atoms with van der Waals surface area (Å²) in [5.41, 5.74) is 2.64. The Labute approximate surface area is 122 Å². The molecule has 0 bridgehead atoms. The van der Waals surface area contributed by atoms with Crippen LogP contribution in [0.3, 0.4) is 0 Å². The van der Waals surface area contributed by atoms with Crippen molar-refractivity contribution in [2.24, 2.45) is 0 Å². The predicted octanol–water partition coefficient (Wildman–Crippen LogP) is 2.73. The third-order valence-electron chi connectivity index (χ3n) is 3.46. The van der Waals surface area contributed by atoms with Crippen molar-refractivity contribution in [2.75, 3.05) is 19.1 Å². The summed E-state index contributed by atoms with van der Waals surface area (Å²) in [5, 5.41) is 0. The van der Waals surface area contributed by atoms with E-state index >= 15 is 0 Å². The van der Waals surface area contributed by atoms with Gasteiger partial charge in [0, 0.05) is 24.0 Å². The van der Waals surface area contributed by atoms with Crippen molar-refractivity contribution in [2.45, 2.75) is 0 Å². The second-order valence-corrected chi connectivity index (χ2v) is 4.55. The lowest BCUT2D eigenvalue weighted by Crippen LogP contribution is -2.21. The molecule has 0 atom stereocenters. The van der Waals surface area contributed by atoms with Crippen LogP contribution in [0.15, 0.2) is 43.2 Å². The third kappa shape index (κ3) is 1.94. The fraction of sp³-hybridized carbons (Fsp3) is 0.125. The fourth-order valence-electron chi connectivity index (χ4n) is 2.41. The summed E-state index contributed by atoms with van der Waals surface area (Å²) in [6, 6.07) is 7.00. The SMILES string of the molecule is C=C1c2cnccc2C(=O)N1c1ccc(OC)c(OC)c1. The summed E-state index contributed by atoms with van der Waals surface area (Å²) in [6.45, 7) is 3.99. The second-order valence-electron chi connectivity index (χ2n) is 4.55. The topological polar surface area (TPSA) is 51.7 Å². The van der Waals surface area contributed by atoms with Gasteiger partial charge >= 0.3 is 0 Å². The molecule has 0 saturated carbocycles. The lowest BCUT2D eigenvalue weighted by Gasteiger charge is -2.19. The standard InChI is InChI=1S/C16H14N2O3/c1-10-13-9-17-7-6-12(13)16(19)18(10)11-4-5-14(20-2)15(8-11)21-3/h4-9H,1H2,2-3H3. The van der Waals surface area contributed by atoms with E-state index < -0.39 is 0 Å². The Morgan fingerprint density at radius 2 is 1.86 bits per heavy atom. The lowest BCUT2D eigenvalue weighted by atomic mass is 10.1. The average molecular weight is 282 g/mol. The molecule has 0 fully saturated rings. The van der Waals surface area contributed by atoms with Gasteiger partial charge in [-0.3, -0.25) is 14.7 Å². The van der Waals surface area contributed by atoms with Crippen LogP contribution in [0.2, 0.25) is 0 Å². The summed E-state index contributed by atoms with van der Waals surface area (Å²) >= 11 is 0. The number of anilines is 1. The van der Waals surface area contributed by atoms with Gasteiger partial charge in [0.2, 0.25) is 0 Å². The number of fused-ring (bicyclic) bond motifs is 1. The Bertz CT molecular complexity index is 705. The van der Waals surface area contributed by atoms with Gasteiger partial charge in [-0.15, -0.1) is 0 Å². The van der Waals surface area contributed by atoms with Gasteiger partial charge in [0.15, 0.2) is 11.5 Å². The molecule has 0 radical (unpaired) electrons. The summed E-state index contributed by atoms with van der Waals surface area (Å²) in [6.07, 6.45) is 3.25. The van der Waals surface area contributed by atoms with Crippen molar-refractivity contribution in [3.8, 4) is 11.5 Å². The van der Waals surface area contributed by atoms with Crippen molar-refractivity contribution in [3.05, 3.63) is 54.4 Å². The molecule has 0 saturated heterocycles. The van der Waals surface area contributed by atoms with E-state index in [1.807, 2.05) is 0 Å². The fourth-order valence-corrected chi connectivity index (χ4v) is 2.41. The van der Waals surface area contributed by atoms with E-state index in [9.17, 15) is 4.79 Å². The molecule has 1 aromatic carbocycles. The first-order valence-corrected chi connectivity index (χ1v) is 6.37. The zero-order valence-electron chi connectivity index (χ0n) is 11.8. The summed E-state index contributed by atoms with van der Waals surface area (Å²) in [7, 11) is 3.12. The molecule has 2 aromatic rings. The van der Waals surface area contributed by atoms with Crippen molar-refractivity contribution in [1.29, 1.82) is 0 Å². The maximum Gasteiger partial charge on any atom is 0.263 e. The number of carbonyl (C=O) groups is 1. The molecule has 0 aliphatic carbocycles. The third-order valence-corrected chi connectivity index (χ3v) is 3.46. The Morgan fingerprint density at radius 3 is 2.52 bits per heavy atom. The molecular formula is C16H14N2O3. The van der Waals surface area contributed by atoms with E-state index in [1.165, 1.54) is 0 Å². The van der Waals surface area contributed by atoms with Crippen LogP contribution in [0.4, 0.5) is 5.69 Å².